The summed E-state index contributed by atoms with van der Waals surface area (Å²) in [5.41, 5.74) is 0.927. The van der Waals surface area contributed by atoms with Gasteiger partial charge >= 0.3 is 0 Å². The van der Waals surface area contributed by atoms with Gasteiger partial charge in [0.1, 0.15) is 0 Å². The fraction of sp³-hybridized carbons (Fsp3) is 0.222. The zero-order valence-electron chi connectivity index (χ0n) is 6.08. The number of carbonyl (C=O) groups excluding carboxylic acids is 1. The van der Waals surface area contributed by atoms with Crippen LogP contribution in [0.1, 0.15) is 6.42 Å². The number of fused-ring (bicyclic) bond motifs is 1. The van der Waals surface area contributed by atoms with Gasteiger partial charge in [0.25, 0.3) is 0 Å². The number of hydrogen-bond acceptors (Lipinski definition) is 1. The Bertz CT molecular complexity index is 273. The van der Waals surface area contributed by atoms with Gasteiger partial charge in [-0.05, 0) is 6.08 Å². The molecule has 0 saturated carbocycles. The lowest BCUT2D eigenvalue weighted by atomic mass is 10.0. The first-order valence-electron chi connectivity index (χ1n) is 3.71. The predicted molar refractivity (Wildman–Crippen MR) is 42.6 cm³/mol. The van der Waals surface area contributed by atoms with Gasteiger partial charge < -0.3 is 5.32 Å². The van der Waals surface area contributed by atoms with Crippen LogP contribution in [0.3, 0.4) is 0 Å². The molecule has 0 aromatic carbocycles. The van der Waals surface area contributed by atoms with Crippen LogP contribution in [0.5, 0.6) is 0 Å². The lowest BCUT2D eigenvalue weighted by Crippen LogP contribution is -2.27. The molecule has 0 saturated heterocycles. The SMILES string of the molecule is O=C1CC2C=CC=CC(=C2)N1. The number of nitrogens with one attached hydrogen (secondary N) is 1. The highest BCUT2D eigenvalue weighted by Crippen LogP contribution is 2.17. The van der Waals surface area contributed by atoms with E-state index in [0.717, 1.165) is 5.70 Å². The first-order valence-corrected chi connectivity index (χ1v) is 3.71. The monoisotopic (exact) mass is 147 g/mol. The zero-order chi connectivity index (χ0) is 7.68. The summed E-state index contributed by atoms with van der Waals surface area (Å²) in [5, 5.41) is 2.78. The lowest BCUT2D eigenvalue weighted by molar-refractivity contribution is -0.121. The Labute approximate surface area is 65.3 Å². The minimum atomic E-state index is 0.115. The Morgan fingerprint density at radius 1 is 1.45 bits per heavy atom. The van der Waals surface area contributed by atoms with Crippen LogP contribution in [0.25, 0.3) is 0 Å². The summed E-state index contributed by atoms with van der Waals surface area (Å²) >= 11 is 0. The highest BCUT2D eigenvalue weighted by atomic mass is 16.1. The van der Waals surface area contributed by atoms with Crippen LogP contribution in [0.4, 0.5) is 0 Å². The van der Waals surface area contributed by atoms with E-state index in [4.69, 9.17) is 0 Å². The Hall–Kier alpha value is -1.31. The van der Waals surface area contributed by atoms with E-state index >= 15 is 0 Å². The second-order valence-corrected chi connectivity index (χ2v) is 2.78. The van der Waals surface area contributed by atoms with E-state index in [0.29, 0.717) is 12.3 Å². The van der Waals surface area contributed by atoms with Crippen LogP contribution >= 0.6 is 0 Å². The summed E-state index contributed by atoms with van der Waals surface area (Å²) in [5.74, 6) is 0.414. The summed E-state index contributed by atoms with van der Waals surface area (Å²) in [6, 6.07) is 0. The zero-order valence-corrected chi connectivity index (χ0v) is 6.08. The van der Waals surface area contributed by atoms with Crippen LogP contribution in [0.15, 0.2) is 36.1 Å². The maximum atomic E-state index is 11.0. The third-order valence-electron chi connectivity index (χ3n) is 1.84. The summed E-state index contributed by atoms with van der Waals surface area (Å²) in [6.07, 6.45) is 10.5. The van der Waals surface area contributed by atoms with E-state index < -0.39 is 0 Å². The third kappa shape index (κ3) is 1.24. The molecule has 1 heterocycles. The molecule has 1 amide bonds. The molecular weight excluding hydrogens is 138 g/mol. The minimum absolute atomic E-state index is 0.115. The molecule has 1 aliphatic heterocycles. The number of amides is 1. The number of carbonyl (C=O) groups is 1. The molecule has 1 aliphatic carbocycles. The van der Waals surface area contributed by atoms with Crippen LogP contribution in [0, 0.1) is 5.92 Å². The van der Waals surface area contributed by atoms with Crippen LogP contribution in [-0.4, -0.2) is 5.91 Å². The van der Waals surface area contributed by atoms with E-state index in [1.807, 2.05) is 24.3 Å². The molecule has 0 fully saturated rings. The third-order valence-corrected chi connectivity index (χ3v) is 1.84. The van der Waals surface area contributed by atoms with Gasteiger partial charge in [-0.3, -0.25) is 4.79 Å². The molecule has 0 aromatic heterocycles. The Morgan fingerprint density at radius 2 is 2.36 bits per heavy atom. The van der Waals surface area contributed by atoms with Gasteiger partial charge in [-0.1, -0.05) is 24.3 Å². The standard InChI is InChI=1S/C9H9NO/c11-9-6-7-3-1-2-4-8(5-7)10-9/h1-5,7H,6H2,(H,10,11). The number of hydrogen-bond donors (Lipinski definition) is 1. The molecule has 2 nitrogen and oxygen atoms in total. The van der Waals surface area contributed by atoms with E-state index in [1.54, 1.807) is 0 Å². The van der Waals surface area contributed by atoms with Gasteiger partial charge in [0.15, 0.2) is 0 Å². The van der Waals surface area contributed by atoms with Gasteiger partial charge in [0.05, 0.1) is 0 Å². The van der Waals surface area contributed by atoms with Crippen molar-refractivity contribution in [1.29, 1.82) is 0 Å². The first kappa shape index (κ1) is 6.40. The summed E-state index contributed by atoms with van der Waals surface area (Å²) < 4.78 is 0. The second kappa shape index (κ2) is 2.38. The van der Waals surface area contributed by atoms with Gasteiger partial charge in [-0.25, -0.2) is 0 Å². The Kier molecular flexibility index (Phi) is 1.39. The average Bonchev–Trinajstić information content (AvgIpc) is 2.11. The predicted octanol–water partition coefficient (Wildman–Crippen LogP) is 1.13. The molecule has 11 heavy (non-hydrogen) atoms. The molecule has 1 atom stereocenters. The van der Waals surface area contributed by atoms with Gasteiger partial charge in [-0.2, -0.15) is 0 Å². The van der Waals surface area contributed by atoms with Gasteiger partial charge in [0.2, 0.25) is 5.91 Å². The highest BCUT2D eigenvalue weighted by Gasteiger charge is 2.16. The topological polar surface area (TPSA) is 29.1 Å². The molecule has 2 heteroatoms. The van der Waals surface area contributed by atoms with Crippen molar-refractivity contribution in [3.63, 3.8) is 0 Å². The second-order valence-electron chi connectivity index (χ2n) is 2.78. The normalized spacial score (nSPS) is 27.5. The maximum Gasteiger partial charge on any atom is 0.225 e. The van der Waals surface area contributed by atoms with Crippen molar-refractivity contribution in [3.05, 3.63) is 36.1 Å². The molecule has 2 bridgehead atoms. The van der Waals surface area contributed by atoms with E-state index in [-0.39, 0.29) is 5.91 Å². The highest BCUT2D eigenvalue weighted by molar-refractivity contribution is 5.80. The average molecular weight is 147 g/mol. The van der Waals surface area contributed by atoms with Crippen molar-refractivity contribution in [1.82, 2.24) is 5.32 Å². The largest absolute Gasteiger partial charge is 0.326 e. The Morgan fingerprint density at radius 3 is 3.27 bits per heavy atom. The van der Waals surface area contributed by atoms with Crippen LogP contribution in [-0.2, 0) is 4.79 Å². The smallest absolute Gasteiger partial charge is 0.225 e. The number of rotatable bonds is 0. The lowest BCUT2D eigenvalue weighted by Gasteiger charge is -2.15. The van der Waals surface area contributed by atoms with Crippen molar-refractivity contribution < 1.29 is 4.79 Å². The van der Waals surface area contributed by atoms with Crippen molar-refractivity contribution in [2.45, 2.75) is 6.42 Å². The molecule has 0 spiro atoms. The van der Waals surface area contributed by atoms with Crippen molar-refractivity contribution >= 4 is 5.91 Å². The van der Waals surface area contributed by atoms with Crippen molar-refractivity contribution in [2.24, 2.45) is 5.92 Å². The van der Waals surface area contributed by atoms with E-state index in [9.17, 15) is 4.79 Å². The first-order chi connectivity index (χ1) is 5.34. The van der Waals surface area contributed by atoms with Crippen LogP contribution in [0.2, 0.25) is 0 Å². The molecule has 1 N–H and O–H groups in total. The summed E-state index contributed by atoms with van der Waals surface area (Å²) in [4.78, 5) is 11.0. The fourth-order valence-electron chi connectivity index (χ4n) is 1.34. The molecule has 56 valence electrons. The van der Waals surface area contributed by atoms with Crippen LogP contribution < -0.4 is 5.32 Å². The Balaban J connectivity index is 2.34. The molecule has 2 aliphatic rings. The molecule has 2 rings (SSSR count). The van der Waals surface area contributed by atoms with Crippen molar-refractivity contribution in [3.8, 4) is 0 Å². The fourth-order valence-corrected chi connectivity index (χ4v) is 1.34. The van der Waals surface area contributed by atoms with Gasteiger partial charge in [-0.15, -0.1) is 0 Å². The van der Waals surface area contributed by atoms with E-state index in [2.05, 4.69) is 11.4 Å². The quantitative estimate of drug-likeness (QED) is 0.546. The minimum Gasteiger partial charge on any atom is -0.326 e. The van der Waals surface area contributed by atoms with E-state index in [1.165, 1.54) is 0 Å². The molecule has 1 unspecified atom stereocenters. The summed E-state index contributed by atoms with van der Waals surface area (Å²) in [7, 11) is 0. The van der Waals surface area contributed by atoms with Crippen molar-refractivity contribution in [2.75, 3.05) is 0 Å². The summed E-state index contributed by atoms with van der Waals surface area (Å²) in [6.45, 7) is 0. The maximum absolute atomic E-state index is 11.0. The molecular formula is C9H9NO. The molecule has 0 radical (unpaired) electrons. The van der Waals surface area contributed by atoms with Gasteiger partial charge in [0, 0.05) is 18.0 Å². The number of allylic oxidation sites excluding steroid dienone is 5. The molecule has 0 aromatic rings.